The maximum absolute atomic E-state index is 11.9. The van der Waals surface area contributed by atoms with Crippen LogP contribution in [0.3, 0.4) is 0 Å². The summed E-state index contributed by atoms with van der Waals surface area (Å²) in [4.78, 5) is 16.2. The second-order valence-electron chi connectivity index (χ2n) is 4.47. The van der Waals surface area contributed by atoms with Crippen molar-refractivity contribution in [1.82, 2.24) is 4.98 Å². The van der Waals surface area contributed by atoms with E-state index in [0.717, 1.165) is 22.4 Å². The first-order valence-corrected chi connectivity index (χ1v) is 7.55. The van der Waals surface area contributed by atoms with Crippen molar-refractivity contribution < 1.29 is 9.53 Å². The highest BCUT2D eigenvalue weighted by Crippen LogP contribution is 2.29. The lowest BCUT2D eigenvalue weighted by Gasteiger charge is -2.08. The smallest absolute Gasteiger partial charge is 0.243 e. The molecule has 0 radical (unpaired) electrons. The van der Waals surface area contributed by atoms with Crippen molar-refractivity contribution in [2.24, 2.45) is 5.73 Å². The van der Waals surface area contributed by atoms with Crippen LogP contribution in [0.15, 0.2) is 18.2 Å². The van der Waals surface area contributed by atoms with Crippen LogP contribution in [-0.4, -0.2) is 23.5 Å². The minimum Gasteiger partial charge on any atom is -0.494 e. The van der Waals surface area contributed by atoms with Crippen LogP contribution < -0.4 is 15.8 Å². The molecular formula is C14H19N3O2S. The van der Waals surface area contributed by atoms with E-state index in [-0.39, 0.29) is 5.91 Å². The zero-order chi connectivity index (χ0) is 14.5. The zero-order valence-corrected chi connectivity index (χ0v) is 12.5. The fraction of sp³-hybridized carbons (Fsp3) is 0.429. The molecule has 1 aromatic carbocycles. The molecule has 0 fully saturated rings. The minimum absolute atomic E-state index is 0.184. The van der Waals surface area contributed by atoms with Crippen molar-refractivity contribution in [3.05, 3.63) is 18.2 Å². The Morgan fingerprint density at radius 2 is 2.30 bits per heavy atom. The van der Waals surface area contributed by atoms with E-state index < -0.39 is 6.04 Å². The molecule has 108 valence electrons. The third-order valence-corrected chi connectivity index (χ3v) is 3.77. The maximum atomic E-state index is 11.9. The number of thiazole rings is 1. The maximum Gasteiger partial charge on any atom is 0.243 e. The summed E-state index contributed by atoms with van der Waals surface area (Å²) in [5, 5.41) is 3.34. The third-order valence-electron chi connectivity index (χ3n) is 2.84. The van der Waals surface area contributed by atoms with Crippen molar-refractivity contribution in [2.75, 3.05) is 11.9 Å². The van der Waals surface area contributed by atoms with Gasteiger partial charge in [0.2, 0.25) is 5.91 Å². The van der Waals surface area contributed by atoms with E-state index >= 15 is 0 Å². The molecule has 1 heterocycles. The Kier molecular flexibility index (Phi) is 4.92. The van der Waals surface area contributed by atoms with Crippen molar-refractivity contribution in [1.29, 1.82) is 0 Å². The molecule has 1 amide bonds. The molecule has 0 bridgehead atoms. The standard InChI is InChI=1S/C14H19N3O2S/c1-3-5-10(15)13(18)17-14-16-11-7-6-9(19-4-2)8-12(11)20-14/h6-8,10H,3-5,15H2,1-2H3,(H,16,17,18)/t10-/m1/s1. The fourth-order valence-electron chi connectivity index (χ4n) is 1.86. The summed E-state index contributed by atoms with van der Waals surface area (Å²) < 4.78 is 6.43. The molecule has 0 unspecified atom stereocenters. The van der Waals surface area contributed by atoms with Crippen LogP contribution in [0.5, 0.6) is 5.75 Å². The molecule has 0 aliphatic rings. The van der Waals surface area contributed by atoms with Gasteiger partial charge in [-0.3, -0.25) is 4.79 Å². The van der Waals surface area contributed by atoms with Gasteiger partial charge in [-0.05, 0) is 31.5 Å². The molecule has 2 aromatic rings. The van der Waals surface area contributed by atoms with Gasteiger partial charge >= 0.3 is 0 Å². The topological polar surface area (TPSA) is 77.2 Å². The van der Waals surface area contributed by atoms with Crippen molar-refractivity contribution >= 4 is 32.6 Å². The number of fused-ring (bicyclic) bond motifs is 1. The summed E-state index contributed by atoms with van der Waals surface area (Å²) in [5.41, 5.74) is 6.62. The largest absolute Gasteiger partial charge is 0.494 e. The number of carbonyl (C=O) groups is 1. The minimum atomic E-state index is -0.481. The molecule has 20 heavy (non-hydrogen) atoms. The summed E-state index contributed by atoms with van der Waals surface area (Å²) in [6, 6.07) is 5.21. The first-order valence-electron chi connectivity index (χ1n) is 6.73. The summed E-state index contributed by atoms with van der Waals surface area (Å²) in [6.45, 7) is 4.57. The molecule has 1 aromatic heterocycles. The van der Waals surface area contributed by atoms with E-state index in [1.54, 1.807) is 0 Å². The van der Waals surface area contributed by atoms with Gasteiger partial charge < -0.3 is 15.8 Å². The average Bonchev–Trinajstić information content (AvgIpc) is 2.80. The Morgan fingerprint density at radius 1 is 1.50 bits per heavy atom. The van der Waals surface area contributed by atoms with Gasteiger partial charge in [0.25, 0.3) is 0 Å². The van der Waals surface area contributed by atoms with Crippen LogP contribution in [0.25, 0.3) is 10.2 Å². The molecule has 0 aliphatic carbocycles. The summed E-state index contributed by atoms with van der Waals surface area (Å²) in [6.07, 6.45) is 1.55. The second kappa shape index (κ2) is 6.67. The lowest BCUT2D eigenvalue weighted by Crippen LogP contribution is -2.35. The Labute approximate surface area is 122 Å². The molecule has 3 N–H and O–H groups in total. The number of ether oxygens (including phenoxy) is 1. The van der Waals surface area contributed by atoms with Crippen molar-refractivity contribution in [2.45, 2.75) is 32.7 Å². The van der Waals surface area contributed by atoms with E-state index in [0.29, 0.717) is 18.2 Å². The Morgan fingerprint density at radius 3 is 3.00 bits per heavy atom. The number of aromatic nitrogens is 1. The predicted molar refractivity (Wildman–Crippen MR) is 82.3 cm³/mol. The Balaban J connectivity index is 2.13. The van der Waals surface area contributed by atoms with Crippen LogP contribution in [0, 0.1) is 0 Å². The Hall–Kier alpha value is -1.66. The third kappa shape index (κ3) is 3.46. The number of nitrogens with two attached hydrogens (primary N) is 1. The molecular weight excluding hydrogens is 274 g/mol. The first kappa shape index (κ1) is 14.7. The molecule has 2 rings (SSSR count). The number of rotatable bonds is 6. The quantitative estimate of drug-likeness (QED) is 0.858. The van der Waals surface area contributed by atoms with E-state index in [2.05, 4.69) is 10.3 Å². The van der Waals surface area contributed by atoms with Crippen molar-refractivity contribution in [3.63, 3.8) is 0 Å². The van der Waals surface area contributed by atoms with Crippen LogP contribution >= 0.6 is 11.3 Å². The number of carbonyl (C=O) groups excluding carboxylic acids is 1. The number of anilines is 1. The van der Waals surface area contributed by atoms with Crippen LogP contribution in [0.1, 0.15) is 26.7 Å². The number of amides is 1. The number of nitrogens with one attached hydrogen (secondary N) is 1. The molecule has 0 saturated heterocycles. The SMILES string of the molecule is CCC[C@@H](N)C(=O)Nc1nc2ccc(OCC)cc2s1. The number of benzene rings is 1. The van der Waals surface area contributed by atoms with Gasteiger partial charge in [-0.1, -0.05) is 24.7 Å². The van der Waals surface area contributed by atoms with Crippen molar-refractivity contribution in [3.8, 4) is 5.75 Å². The van der Waals surface area contributed by atoms with Gasteiger partial charge in [0.1, 0.15) is 5.75 Å². The number of hydrogen-bond acceptors (Lipinski definition) is 5. The first-order chi connectivity index (χ1) is 9.63. The van der Waals surface area contributed by atoms with Crippen LogP contribution in [0.2, 0.25) is 0 Å². The van der Waals surface area contributed by atoms with Crippen LogP contribution in [-0.2, 0) is 4.79 Å². The zero-order valence-electron chi connectivity index (χ0n) is 11.7. The Bertz CT molecular complexity index is 597. The lowest BCUT2D eigenvalue weighted by atomic mass is 10.2. The van der Waals surface area contributed by atoms with Gasteiger partial charge in [0, 0.05) is 0 Å². The predicted octanol–water partition coefficient (Wildman–Crippen LogP) is 2.76. The molecule has 1 atom stereocenters. The van der Waals surface area contributed by atoms with Gasteiger partial charge in [-0.2, -0.15) is 0 Å². The fourth-order valence-corrected chi connectivity index (χ4v) is 2.75. The van der Waals surface area contributed by atoms with Crippen LogP contribution in [0.4, 0.5) is 5.13 Å². The summed E-state index contributed by atoms with van der Waals surface area (Å²) in [7, 11) is 0. The van der Waals surface area contributed by atoms with Gasteiger partial charge in [0.05, 0.1) is 22.9 Å². The highest BCUT2D eigenvalue weighted by molar-refractivity contribution is 7.22. The monoisotopic (exact) mass is 293 g/mol. The molecule has 5 nitrogen and oxygen atoms in total. The molecule has 0 saturated carbocycles. The summed E-state index contributed by atoms with van der Waals surface area (Å²) >= 11 is 1.42. The normalized spacial score (nSPS) is 12.3. The van der Waals surface area contributed by atoms with Gasteiger partial charge in [-0.25, -0.2) is 4.98 Å². The average molecular weight is 293 g/mol. The highest BCUT2D eigenvalue weighted by Gasteiger charge is 2.14. The molecule has 0 spiro atoms. The van der Waals surface area contributed by atoms with Gasteiger partial charge in [0.15, 0.2) is 5.13 Å². The van der Waals surface area contributed by atoms with Gasteiger partial charge in [-0.15, -0.1) is 0 Å². The van der Waals surface area contributed by atoms with E-state index in [1.807, 2.05) is 32.0 Å². The van der Waals surface area contributed by atoms with E-state index in [1.165, 1.54) is 11.3 Å². The molecule has 6 heteroatoms. The second-order valence-corrected chi connectivity index (χ2v) is 5.50. The highest BCUT2D eigenvalue weighted by atomic mass is 32.1. The number of nitrogens with zero attached hydrogens (tertiary/aromatic N) is 1. The van der Waals surface area contributed by atoms with E-state index in [4.69, 9.17) is 10.5 Å². The summed E-state index contributed by atoms with van der Waals surface area (Å²) in [5.74, 6) is 0.625. The number of hydrogen-bond donors (Lipinski definition) is 2. The molecule has 0 aliphatic heterocycles. The van der Waals surface area contributed by atoms with E-state index in [9.17, 15) is 4.79 Å². The lowest BCUT2D eigenvalue weighted by molar-refractivity contribution is -0.117.